The minimum absolute atomic E-state index is 0.365. The molecule has 498 valence electrons. The summed E-state index contributed by atoms with van der Waals surface area (Å²) in [6.07, 6.45) is 94.5. The summed E-state index contributed by atoms with van der Waals surface area (Å²) >= 11 is 0. The van der Waals surface area contributed by atoms with Gasteiger partial charge >= 0.3 is 0 Å². The van der Waals surface area contributed by atoms with Gasteiger partial charge in [0.25, 0.3) is 0 Å². The van der Waals surface area contributed by atoms with E-state index in [9.17, 15) is 25.2 Å². The SMILES string of the molecule is CCCCCCCCCCCCCCC/C=C\C/C=C\CCCCCCCCCCCCCCCCCCC(O)C(=O)NC(CO)C(O)C(O)CCC/C=C/CCCCCCCCCCCCCCCCCCCCCCCCCCCCC. The molecule has 0 bridgehead atoms. The van der Waals surface area contributed by atoms with E-state index in [-0.39, 0.29) is 0 Å². The van der Waals surface area contributed by atoms with E-state index < -0.39 is 36.9 Å². The molecule has 0 aliphatic heterocycles. The number of carbonyl (C=O) groups is 1. The van der Waals surface area contributed by atoms with Crippen molar-refractivity contribution in [2.45, 2.75) is 449 Å². The van der Waals surface area contributed by atoms with Crippen LogP contribution in [0.1, 0.15) is 425 Å². The number of allylic oxidation sites excluding steroid dienone is 6. The normalized spacial score (nSPS) is 13.5. The Labute approximate surface area is 526 Å². The molecule has 0 aromatic rings. The number of carbonyl (C=O) groups excluding carboxylic acids is 1. The Morgan fingerprint density at radius 1 is 0.298 bits per heavy atom. The second kappa shape index (κ2) is 72.3. The van der Waals surface area contributed by atoms with E-state index >= 15 is 0 Å². The molecule has 0 aliphatic carbocycles. The Kier molecular flexibility index (Phi) is 71.0. The van der Waals surface area contributed by atoms with Crippen LogP contribution in [0.15, 0.2) is 36.5 Å². The standard InChI is InChI=1S/C78H151NO5/c1-3-5-7-9-11-13-15-17-19-21-23-25-27-29-31-33-35-37-38-39-40-42-44-46-48-50-52-54-56-58-60-62-64-66-68-70-72-76(82)78(84)79-74(73-80)77(83)75(81)71-69-67-65-63-61-59-57-55-53-51-49-47-45-43-41-36-34-32-30-28-26-24-22-20-18-16-14-12-10-8-6-4-2/h31,33,37-38,63,65,74-77,80-83H,3-30,32,34-36,39-62,64,66-73H2,1-2H3,(H,79,84)/b33-31-,38-37-,65-63+. The summed E-state index contributed by atoms with van der Waals surface area (Å²) in [5, 5.41) is 44.3. The van der Waals surface area contributed by atoms with E-state index in [0.717, 1.165) is 44.9 Å². The van der Waals surface area contributed by atoms with Crippen molar-refractivity contribution in [2.24, 2.45) is 0 Å². The van der Waals surface area contributed by atoms with Gasteiger partial charge in [-0.15, -0.1) is 0 Å². The van der Waals surface area contributed by atoms with E-state index in [1.807, 2.05) is 0 Å². The third kappa shape index (κ3) is 65.0. The number of aliphatic hydroxyl groups is 4. The molecule has 0 aromatic heterocycles. The lowest BCUT2D eigenvalue weighted by atomic mass is 10.00. The molecular weight excluding hydrogens is 1030 g/mol. The predicted molar refractivity (Wildman–Crippen MR) is 371 cm³/mol. The number of rotatable bonds is 72. The van der Waals surface area contributed by atoms with Crippen molar-refractivity contribution in [1.29, 1.82) is 0 Å². The van der Waals surface area contributed by atoms with Crippen LogP contribution in [-0.2, 0) is 4.79 Å². The summed E-state index contributed by atoms with van der Waals surface area (Å²) in [7, 11) is 0. The summed E-state index contributed by atoms with van der Waals surface area (Å²) in [5.41, 5.74) is 0. The van der Waals surface area contributed by atoms with Gasteiger partial charge < -0.3 is 25.7 Å². The molecule has 0 aliphatic rings. The Morgan fingerprint density at radius 2 is 0.524 bits per heavy atom. The van der Waals surface area contributed by atoms with Crippen LogP contribution in [0.5, 0.6) is 0 Å². The van der Waals surface area contributed by atoms with Gasteiger partial charge in [-0.25, -0.2) is 0 Å². The molecule has 6 nitrogen and oxygen atoms in total. The van der Waals surface area contributed by atoms with Crippen LogP contribution in [-0.4, -0.2) is 57.3 Å². The quantitative estimate of drug-likeness (QED) is 0.0308. The van der Waals surface area contributed by atoms with Crippen LogP contribution < -0.4 is 5.32 Å². The number of unbranched alkanes of at least 4 members (excludes halogenated alkanes) is 57. The molecule has 0 aromatic carbocycles. The zero-order valence-electron chi connectivity index (χ0n) is 56.9. The van der Waals surface area contributed by atoms with Crippen molar-refractivity contribution in [1.82, 2.24) is 5.32 Å². The van der Waals surface area contributed by atoms with Crippen molar-refractivity contribution in [3.63, 3.8) is 0 Å². The maximum atomic E-state index is 12.7. The van der Waals surface area contributed by atoms with Gasteiger partial charge in [-0.2, -0.15) is 0 Å². The highest BCUT2D eigenvalue weighted by atomic mass is 16.3. The van der Waals surface area contributed by atoms with E-state index in [1.165, 1.54) is 353 Å². The van der Waals surface area contributed by atoms with Gasteiger partial charge in [0.1, 0.15) is 12.2 Å². The predicted octanol–water partition coefficient (Wildman–Crippen LogP) is 24.2. The van der Waals surface area contributed by atoms with E-state index in [0.29, 0.717) is 12.8 Å². The molecule has 0 fully saturated rings. The lowest BCUT2D eigenvalue weighted by Crippen LogP contribution is -2.53. The molecule has 0 radical (unpaired) electrons. The van der Waals surface area contributed by atoms with Crippen LogP contribution in [0.25, 0.3) is 0 Å². The number of amides is 1. The van der Waals surface area contributed by atoms with Gasteiger partial charge in [0.05, 0.1) is 18.8 Å². The second-order valence-electron chi connectivity index (χ2n) is 26.7. The molecule has 0 saturated carbocycles. The Morgan fingerprint density at radius 3 is 0.786 bits per heavy atom. The first-order chi connectivity index (χ1) is 41.5. The summed E-state index contributed by atoms with van der Waals surface area (Å²) in [6.45, 7) is 4.10. The molecule has 0 heterocycles. The van der Waals surface area contributed by atoms with Crippen molar-refractivity contribution in [2.75, 3.05) is 6.61 Å². The Bertz CT molecular complexity index is 1330. The van der Waals surface area contributed by atoms with Gasteiger partial charge in [0, 0.05) is 0 Å². The maximum Gasteiger partial charge on any atom is 0.249 e. The average Bonchev–Trinajstić information content (AvgIpc) is 3.51. The molecule has 0 spiro atoms. The van der Waals surface area contributed by atoms with Gasteiger partial charge in [-0.1, -0.05) is 391 Å². The van der Waals surface area contributed by atoms with Crippen LogP contribution in [0.2, 0.25) is 0 Å². The number of hydrogen-bond acceptors (Lipinski definition) is 5. The number of nitrogens with one attached hydrogen (secondary N) is 1. The minimum Gasteiger partial charge on any atom is -0.394 e. The van der Waals surface area contributed by atoms with Gasteiger partial charge in [-0.05, 0) is 70.6 Å². The van der Waals surface area contributed by atoms with E-state index in [1.54, 1.807) is 0 Å². The molecule has 0 saturated heterocycles. The molecule has 5 N–H and O–H groups in total. The molecule has 0 rings (SSSR count). The van der Waals surface area contributed by atoms with Gasteiger partial charge in [0.15, 0.2) is 0 Å². The molecule has 1 amide bonds. The van der Waals surface area contributed by atoms with Crippen LogP contribution >= 0.6 is 0 Å². The molecule has 6 heteroatoms. The second-order valence-corrected chi connectivity index (χ2v) is 26.7. The van der Waals surface area contributed by atoms with Crippen molar-refractivity contribution < 1.29 is 25.2 Å². The summed E-state index contributed by atoms with van der Waals surface area (Å²) in [5.74, 6) is -0.587. The molecule has 84 heavy (non-hydrogen) atoms. The lowest BCUT2D eigenvalue weighted by molar-refractivity contribution is -0.132. The Hall–Kier alpha value is -1.47. The van der Waals surface area contributed by atoms with Crippen LogP contribution in [0, 0.1) is 0 Å². The maximum absolute atomic E-state index is 12.7. The monoisotopic (exact) mass is 1180 g/mol. The number of hydrogen-bond donors (Lipinski definition) is 5. The fourth-order valence-corrected chi connectivity index (χ4v) is 12.4. The van der Waals surface area contributed by atoms with Crippen molar-refractivity contribution in [3.05, 3.63) is 36.5 Å². The van der Waals surface area contributed by atoms with Crippen LogP contribution in [0.4, 0.5) is 0 Å². The van der Waals surface area contributed by atoms with Crippen molar-refractivity contribution >= 4 is 5.91 Å². The molecular formula is C78H151NO5. The van der Waals surface area contributed by atoms with E-state index in [2.05, 4.69) is 55.6 Å². The topological polar surface area (TPSA) is 110 Å². The van der Waals surface area contributed by atoms with E-state index in [4.69, 9.17) is 0 Å². The fraction of sp³-hybridized carbons (Fsp3) is 0.910. The minimum atomic E-state index is -1.28. The lowest BCUT2D eigenvalue weighted by Gasteiger charge is -2.27. The largest absolute Gasteiger partial charge is 0.394 e. The summed E-state index contributed by atoms with van der Waals surface area (Å²) in [4.78, 5) is 12.7. The molecule has 4 atom stereocenters. The third-order valence-electron chi connectivity index (χ3n) is 18.3. The first-order valence-corrected chi connectivity index (χ1v) is 38.4. The number of aliphatic hydroxyl groups excluding tert-OH is 4. The highest BCUT2D eigenvalue weighted by Crippen LogP contribution is 2.20. The Balaban J connectivity index is 3.54. The highest BCUT2D eigenvalue weighted by molar-refractivity contribution is 5.80. The average molecular weight is 1180 g/mol. The van der Waals surface area contributed by atoms with Gasteiger partial charge in [0.2, 0.25) is 5.91 Å². The smallest absolute Gasteiger partial charge is 0.249 e. The summed E-state index contributed by atoms with van der Waals surface area (Å²) in [6, 6.07) is -1.00. The van der Waals surface area contributed by atoms with Crippen molar-refractivity contribution in [3.8, 4) is 0 Å². The van der Waals surface area contributed by atoms with Crippen LogP contribution in [0.3, 0.4) is 0 Å². The first-order valence-electron chi connectivity index (χ1n) is 38.4. The fourth-order valence-electron chi connectivity index (χ4n) is 12.4. The third-order valence-corrected chi connectivity index (χ3v) is 18.3. The highest BCUT2D eigenvalue weighted by Gasteiger charge is 2.28. The zero-order chi connectivity index (χ0) is 60.8. The van der Waals surface area contributed by atoms with Gasteiger partial charge in [-0.3, -0.25) is 4.79 Å². The first kappa shape index (κ1) is 82.5. The zero-order valence-corrected chi connectivity index (χ0v) is 56.9. The molecule has 4 unspecified atom stereocenters. The summed E-state index contributed by atoms with van der Waals surface area (Å²) < 4.78 is 0.